The minimum absolute atomic E-state index is 0.550. The number of aryl methyl sites for hydroxylation is 6. The fraction of sp³-hybridized carbons (Fsp3) is 0.667. The van der Waals surface area contributed by atoms with Crippen molar-refractivity contribution in [3.8, 4) is 0 Å². The molecule has 0 N–H and O–H groups in total. The number of nitrogens with zero attached hydrogens (tertiary/aromatic N) is 4. The van der Waals surface area contributed by atoms with Gasteiger partial charge in [0.2, 0.25) is 0 Å². The summed E-state index contributed by atoms with van der Waals surface area (Å²) >= 11 is 0. The molecule has 0 radical (unpaired) electrons. The van der Waals surface area contributed by atoms with E-state index in [0.717, 1.165) is 37.5 Å². The van der Waals surface area contributed by atoms with Crippen LogP contribution in [0.1, 0.15) is 123 Å². The molecule has 0 bridgehead atoms. The van der Waals surface area contributed by atoms with Crippen LogP contribution in [-0.4, -0.2) is 54.6 Å². The molecule has 47 heavy (non-hydrogen) atoms. The van der Waals surface area contributed by atoms with Gasteiger partial charge in [0.05, 0.1) is 48.9 Å². The molecular weight excluding hydrogens is 591 g/mol. The van der Waals surface area contributed by atoms with Crippen LogP contribution in [0.5, 0.6) is 0 Å². The maximum absolute atomic E-state index is 5.81. The van der Waals surface area contributed by atoms with Crippen LogP contribution >= 0.6 is 7.26 Å². The molecule has 5 heteroatoms. The fourth-order valence-electron chi connectivity index (χ4n) is 11.4. The second-order valence-electron chi connectivity index (χ2n) is 16.1. The van der Waals surface area contributed by atoms with Crippen molar-refractivity contribution in [3.63, 3.8) is 0 Å². The van der Waals surface area contributed by atoms with Crippen LogP contribution in [0.25, 0.3) is 0 Å². The van der Waals surface area contributed by atoms with E-state index in [1.54, 1.807) is 5.58 Å². The van der Waals surface area contributed by atoms with Gasteiger partial charge in [0.15, 0.2) is 0 Å². The molecular formula is C42H62N4P+. The summed E-state index contributed by atoms with van der Waals surface area (Å²) in [6.45, 7) is 17.9. The van der Waals surface area contributed by atoms with Crippen molar-refractivity contribution in [3.05, 3.63) is 57.6 Å². The maximum Gasteiger partial charge on any atom is 0.253 e. The van der Waals surface area contributed by atoms with Gasteiger partial charge in [0, 0.05) is 18.8 Å². The van der Waals surface area contributed by atoms with Crippen molar-refractivity contribution >= 4 is 30.0 Å². The van der Waals surface area contributed by atoms with E-state index < -0.39 is 7.26 Å². The summed E-state index contributed by atoms with van der Waals surface area (Å²) in [5.74, 6) is 2.00. The van der Waals surface area contributed by atoms with E-state index in [9.17, 15) is 0 Å². The first-order valence-electron chi connectivity index (χ1n) is 19.5. The van der Waals surface area contributed by atoms with Crippen molar-refractivity contribution in [1.29, 1.82) is 0 Å². The van der Waals surface area contributed by atoms with E-state index in [-0.39, 0.29) is 0 Å². The van der Waals surface area contributed by atoms with Crippen molar-refractivity contribution in [1.82, 2.24) is 0 Å². The van der Waals surface area contributed by atoms with Gasteiger partial charge in [0.25, 0.3) is 5.58 Å². The minimum Gasteiger partial charge on any atom is -0.327 e. The van der Waals surface area contributed by atoms with Gasteiger partial charge >= 0.3 is 0 Å². The zero-order valence-electron chi connectivity index (χ0n) is 30.6. The quantitative estimate of drug-likeness (QED) is 0.279. The lowest BCUT2D eigenvalue weighted by molar-refractivity contribution is 0.420. The highest BCUT2D eigenvalue weighted by Crippen LogP contribution is 2.79. The number of amidine groups is 2. The first-order valence-corrected chi connectivity index (χ1v) is 21.5. The van der Waals surface area contributed by atoms with Crippen LogP contribution in [0, 0.1) is 47.5 Å². The van der Waals surface area contributed by atoms with Gasteiger partial charge in [-0.05, 0) is 134 Å². The SMILES string of the molecule is Cc1cc(C)c(N2CCN=C2C2CCCCC2[P+](C2=NCCN2c2c(C)cc(C)cc2C)(C2CCCCC2)C2CCCCC2)c(C)c1. The Morgan fingerprint density at radius 2 is 0.979 bits per heavy atom. The summed E-state index contributed by atoms with van der Waals surface area (Å²) in [5, 5.41) is 0. The molecule has 2 unspecified atom stereocenters. The number of hydrogen-bond donors (Lipinski definition) is 0. The number of benzene rings is 2. The lowest BCUT2D eigenvalue weighted by atomic mass is 9.86. The van der Waals surface area contributed by atoms with Gasteiger partial charge in [-0.3, -0.25) is 9.89 Å². The third-order valence-corrected chi connectivity index (χ3v) is 19.1. The molecule has 2 atom stereocenters. The van der Waals surface area contributed by atoms with Crippen molar-refractivity contribution < 1.29 is 0 Å². The fourth-order valence-corrected chi connectivity index (χ4v) is 19.0. The first kappa shape index (κ1) is 33.3. The predicted octanol–water partition coefficient (Wildman–Crippen LogP) is 10.9. The van der Waals surface area contributed by atoms with Crippen LogP contribution in [0.2, 0.25) is 0 Å². The molecule has 3 aliphatic carbocycles. The van der Waals surface area contributed by atoms with Gasteiger partial charge in [-0.1, -0.05) is 54.7 Å². The molecule has 2 heterocycles. The summed E-state index contributed by atoms with van der Waals surface area (Å²) in [5.41, 5.74) is 15.4. The Labute approximate surface area is 287 Å². The zero-order valence-corrected chi connectivity index (χ0v) is 31.5. The highest BCUT2D eigenvalue weighted by Gasteiger charge is 2.66. The van der Waals surface area contributed by atoms with E-state index in [4.69, 9.17) is 9.98 Å². The molecule has 3 saturated carbocycles. The van der Waals surface area contributed by atoms with Crippen LogP contribution in [0.3, 0.4) is 0 Å². The second kappa shape index (κ2) is 14.0. The van der Waals surface area contributed by atoms with Crippen molar-refractivity contribution in [2.24, 2.45) is 15.9 Å². The lowest BCUT2D eigenvalue weighted by Gasteiger charge is -2.52. The Hall–Kier alpha value is -2.19. The zero-order chi connectivity index (χ0) is 32.7. The summed E-state index contributed by atoms with van der Waals surface area (Å²) in [4.78, 5) is 16.9. The molecule has 0 spiro atoms. The molecule has 2 aliphatic heterocycles. The third kappa shape index (κ3) is 6.02. The van der Waals surface area contributed by atoms with Crippen LogP contribution in [0.15, 0.2) is 34.3 Å². The Bertz CT molecular complexity index is 1450. The molecule has 254 valence electrons. The van der Waals surface area contributed by atoms with Gasteiger partial charge in [-0.15, -0.1) is 0 Å². The number of aliphatic imine (C=N–C) groups is 2. The average molecular weight is 654 g/mol. The standard InChI is InChI=1S/C42H62N4P/c1-29-25-31(3)39(32(4)26-29)45-23-21-43-41(45)37-19-13-14-20-38(37)47(35-15-9-7-10-16-35,36-17-11-8-12-18-36)42-44-22-24-46(42)40-33(5)27-30(2)28-34(40)6/h25-28,35-38H,7-24H2,1-6H3/q+1. The Kier molecular flexibility index (Phi) is 9.90. The van der Waals surface area contributed by atoms with E-state index in [1.165, 1.54) is 140 Å². The molecule has 3 fully saturated rings. The molecule has 0 saturated heterocycles. The number of hydrogen-bond acceptors (Lipinski definition) is 4. The van der Waals surface area contributed by atoms with E-state index >= 15 is 0 Å². The molecule has 5 aliphatic rings. The van der Waals surface area contributed by atoms with E-state index in [1.807, 2.05) is 0 Å². The van der Waals surface area contributed by atoms with Gasteiger partial charge < -0.3 is 4.90 Å². The van der Waals surface area contributed by atoms with E-state index in [2.05, 4.69) is 75.6 Å². The Morgan fingerprint density at radius 1 is 0.532 bits per heavy atom. The summed E-state index contributed by atoms with van der Waals surface area (Å²) in [6.07, 6.45) is 19.7. The van der Waals surface area contributed by atoms with Crippen LogP contribution in [-0.2, 0) is 0 Å². The molecule has 4 nitrogen and oxygen atoms in total. The summed E-state index contributed by atoms with van der Waals surface area (Å²) < 4.78 is 0. The number of anilines is 2. The molecule has 0 aromatic heterocycles. The smallest absolute Gasteiger partial charge is 0.253 e. The average Bonchev–Trinajstić information content (AvgIpc) is 3.73. The Morgan fingerprint density at radius 3 is 1.53 bits per heavy atom. The highest BCUT2D eigenvalue weighted by atomic mass is 31.2. The second-order valence-corrected chi connectivity index (χ2v) is 20.3. The topological polar surface area (TPSA) is 31.2 Å². The largest absolute Gasteiger partial charge is 0.327 e. The molecule has 7 rings (SSSR count). The van der Waals surface area contributed by atoms with Crippen molar-refractivity contribution in [2.75, 3.05) is 36.0 Å². The summed E-state index contributed by atoms with van der Waals surface area (Å²) in [7, 11) is -1.73. The highest BCUT2D eigenvalue weighted by molar-refractivity contribution is 7.93. The van der Waals surface area contributed by atoms with Crippen LogP contribution < -0.4 is 9.80 Å². The summed E-state index contributed by atoms with van der Waals surface area (Å²) in [6, 6.07) is 9.66. The predicted molar refractivity (Wildman–Crippen MR) is 207 cm³/mol. The molecule has 2 aromatic carbocycles. The third-order valence-electron chi connectivity index (χ3n) is 12.8. The van der Waals surface area contributed by atoms with Gasteiger partial charge in [-0.2, -0.15) is 0 Å². The minimum atomic E-state index is -1.73. The molecule has 0 amide bonds. The maximum atomic E-state index is 5.81. The number of rotatable bonds is 7. The lowest BCUT2D eigenvalue weighted by Crippen LogP contribution is -2.50. The van der Waals surface area contributed by atoms with Gasteiger partial charge in [0.1, 0.15) is 5.84 Å². The Balaban J connectivity index is 1.40. The molecule has 2 aromatic rings. The first-order chi connectivity index (χ1) is 22.8. The van der Waals surface area contributed by atoms with Crippen molar-refractivity contribution in [2.45, 2.75) is 148 Å². The normalized spacial score (nSPS) is 25.0. The van der Waals surface area contributed by atoms with Crippen LogP contribution in [0.4, 0.5) is 11.4 Å². The monoisotopic (exact) mass is 653 g/mol. The van der Waals surface area contributed by atoms with Gasteiger partial charge in [-0.25, -0.2) is 4.99 Å². The van der Waals surface area contributed by atoms with E-state index in [0.29, 0.717) is 11.6 Å².